The first-order chi connectivity index (χ1) is 15.9. The highest BCUT2D eigenvalue weighted by atomic mass is 35.5. The van der Waals surface area contributed by atoms with Crippen molar-refractivity contribution in [3.8, 4) is 17.2 Å². The number of halogens is 1. The van der Waals surface area contributed by atoms with Gasteiger partial charge in [-0.05, 0) is 60.9 Å². The molecule has 1 aromatic heterocycles. The highest BCUT2D eigenvalue weighted by molar-refractivity contribution is 6.30. The Balaban J connectivity index is 1.46. The van der Waals surface area contributed by atoms with Crippen LogP contribution in [0.5, 0.6) is 17.2 Å². The molecule has 0 saturated heterocycles. The molecule has 1 N–H and O–H groups in total. The third-order valence-corrected chi connectivity index (χ3v) is 5.36. The van der Waals surface area contributed by atoms with Crippen molar-refractivity contribution < 1.29 is 18.7 Å². The molecule has 0 aliphatic rings. The van der Waals surface area contributed by atoms with Crippen LogP contribution in [0.3, 0.4) is 0 Å². The van der Waals surface area contributed by atoms with Crippen molar-refractivity contribution in [2.45, 2.75) is 20.3 Å². The van der Waals surface area contributed by atoms with Gasteiger partial charge in [0, 0.05) is 16.8 Å². The number of ether oxygens (including phenoxy) is 2. The molecule has 0 aliphatic carbocycles. The minimum Gasteiger partial charge on any atom is -0.484 e. The number of hydrogen-bond acceptors (Lipinski definition) is 5. The van der Waals surface area contributed by atoms with Gasteiger partial charge in [-0.25, -0.2) is 0 Å². The molecule has 1 amide bonds. The fourth-order valence-electron chi connectivity index (χ4n) is 3.37. The van der Waals surface area contributed by atoms with Crippen molar-refractivity contribution in [2.75, 3.05) is 11.9 Å². The smallest absolute Gasteiger partial charge is 0.262 e. The summed E-state index contributed by atoms with van der Waals surface area (Å²) in [6.07, 6.45) is 2.07. The first kappa shape index (κ1) is 22.4. The third kappa shape index (κ3) is 5.18. The van der Waals surface area contributed by atoms with Gasteiger partial charge >= 0.3 is 0 Å². The molecule has 0 aliphatic heterocycles. The van der Waals surface area contributed by atoms with Crippen LogP contribution in [-0.2, 0) is 11.2 Å². The molecule has 0 radical (unpaired) electrons. The number of carbonyl (C=O) groups is 1. The maximum absolute atomic E-state index is 12.9. The van der Waals surface area contributed by atoms with E-state index in [1.807, 2.05) is 38.1 Å². The second-order valence-corrected chi connectivity index (χ2v) is 7.88. The molecule has 0 spiro atoms. The van der Waals surface area contributed by atoms with Gasteiger partial charge in [-0.2, -0.15) is 0 Å². The zero-order chi connectivity index (χ0) is 23.4. The van der Waals surface area contributed by atoms with Crippen molar-refractivity contribution in [1.82, 2.24) is 0 Å². The van der Waals surface area contributed by atoms with E-state index in [1.54, 1.807) is 36.4 Å². The number of rotatable bonds is 7. The highest BCUT2D eigenvalue weighted by Gasteiger charge is 2.13. The molecule has 3 aromatic carbocycles. The minimum absolute atomic E-state index is 0.106. The Morgan fingerprint density at radius 3 is 2.67 bits per heavy atom. The highest BCUT2D eigenvalue weighted by Crippen LogP contribution is 2.26. The Morgan fingerprint density at radius 1 is 1.06 bits per heavy atom. The summed E-state index contributed by atoms with van der Waals surface area (Å²) in [5.41, 5.74) is 2.55. The fourth-order valence-corrected chi connectivity index (χ4v) is 3.59. The Kier molecular flexibility index (Phi) is 6.66. The zero-order valence-electron chi connectivity index (χ0n) is 18.2. The van der Waals surface area contributed by atoms with E-state index in [-0.39, 0.29) is 23.7 Å². The second kappa shape index (κ2) is 9.79. The molecule has 0 unspecified atom stereocenters. The first-order valence-electron chi connectivity index (χ1n) is 10.4. The van der Waals surface area contributed by atoms with Crippen molar-refractivity contribution in [3.05, 3.63) is 93.3 Å². The monoisotopic (exact) mass is 463 g/mol. The molecule has 7 heteroatoms. The van der Waals surface area contributed by atoms with E-state index in [9.17, 15) is 9.59 Å². The van der Waals surface area contributed by atoms with E-state index in [4.69, 9.17) is 25.5 Å². The number of anilines is 1. The van der Waals surface area contributed by atoms with Crippen LogP contribution >= 0.6 is 11.6 Å². The summed E-state index contributed by atoms with van der Waals surface area (Å²) in [4.78, 5) is 25.1. The van der Waals surface area contributed by atoms with Crippen LogP contribution in [0.25, 0.3) is 11.0 Å². The number of nitrogens with one attached hydrogen (secondary N) is 1. The van der Waals surface area contributed by atoms with Crippen LogP contribution in [0.4, 0.5) is 5.69 Å². The van der Waals surface area contributed by atoms with Crippen molar-refractivity contribution in [3.63, 3.8) is 0 Å². The van der Waals surface area contributed by atoms with Gasteiger partial charge in [-0.1, -0.05) is 36.7 Å². The molecule has 33 heavy (non-hydrogen) atoms. The Bertz CT molecular complexity index is 1380. The van der Waals surface area contributed by atoms with Gasteiger partial charge in [-0.3, -0.25) is 9.59 Å². The zero-order valence-corrected chi connectivity index (χ0v) is 18.9. The van der Waals surface area contributed by atoms with E-state index in [2.05, 4.69) is 5.32 Å². The Labute approximate surface area is 195 Å². The molecule has 0 bridgehead atoms. The summed E-state index contributed by atoms with van der Waals surface area (Å²) in [7, 11) is 0. The summed E-state index contributed by atoms with van der Waals surface area (Å²) < 4.78 is 17.0. The van der Waals surface area contributed by atoms with Crippen LogP contribution in [0.15, 0.2) is 76.1 Å². The molecular weight excluding hydrogens is 442 g/mol. The predicted molar refractivity (Wildman–Crippen MR) is 129 cm³/mol. The molecule has 6 nitrogen and oxygen atoms in total. The Morgan fingerprint density at radius 2 is 1.88 bits per heavy atom. The lowest BCUT2D eigenvalue weighted by molar-refractivity contribution is -0.118. The van der Waals surface area contributed by atoms with Gasteiger partial charge in [0.25, 0.3) is 5.91 Å². The molecule has 0 atom stereocenters. The molecular formula is C26H22ClNO5. The van der Waals surface area contributed by atoms with Crippen molar-refractivity contribution >= 4 is 34.2 Å². The summed E-state index contributed by atoms with van der Waals surface area (Å²) in [5, 5.41) is 3.74. The average Bonchev–Trinajstić information content (AvgIpc) is 2.81. The van der Waals surface area contributed by atoms with Crippen molar-refractivity contribution in [2.24, 2.45) is 0 Å². The lowest BCUT2D eigenvalue weighted by Gasteiger charge is -2.11. The van der Waals surface area contributed by atoms with E-state index in [0.29, 0.717) is 33.2 Å². The fraction of sp³-hybridized carbons (Fsp3) is 0.154. The second-order valence-electron chi connectivity index (χ2n) is 7.45. The van der Waals surface area contributed by atoms with Crippen molar-refractivity contribution in [1.29, 1.82) is 0 Å². The SMILES string of the molecule is CCc1ccccc1Oc1coc2cc(OCC(=O)Nc3ccc(Cl)cc3C)ccc2c1=O. The maximum Gasteiger partial charge on any atom is 0.262 e. The van der Waals surface area contributed by atoms with Gasteiger partial charge < -0.3 is 19.2 Å². The number of para-hydroxylation sites is 1. The number of benzene rings is 3. The van der Waals surface area contributed by atoms with Gasteiger partial charge in [0.2, 0.25) is 11.2 Å². The van der Waals surface area contributed by atoms with Crippen LogP contribution in [0, 0.1) is 6.92 Å². The lowest BCUT2D eigenvalue weighted by Crippen LogP contribution is -2.20. The number of carbonyl (C=O) groups excluding carboxylic acids is 1. The summed E-state index contributed by atoms with van der Waals surface area (Å²) in [5.74, 6) is 0.808. The van der Waals surface area contributed by atoms with E-state index < -0.39 is 0 Å². The third-order valence-electron chi connectivity index (χ3n) is 5.12. The number of amides is 1. The van der Waals surface area contributed by atoms with E-state index >= 15 is 0 Å². The van der Waals surface area contributed by atoms with Gasteiger partial charge in [0.15, 0.2) is 6.61 Å². The topological polar surface area (TPSA) is 77.8 Å². The van der Waals surface area contributed by atoms with Gasteiger partial charge in [0.1, 0.15) is 23.3 Å². The lowest BCUT2D eigenvalue weighted by atomic mass is 10.1. The molecule has 4 aromatic rings. The standard InChI is InChI=1S/C26H22ClNO5/c1-3-17-6-4-5-7-22(17)33-24-14-32-23-13-19(9-10-20(23)26(24)30)31-15-25(29)28-21-11-8-18(27)12-16(21)2/h4-14H,3,15H2,1-2H3,(H,28,29). The maximum atomic E-state index is 12.9. The molecule has 4 rings (SSSR count). The van der Waals surface area contributed by atoms with Crippen LogP contribution in [0.1, 0.15) is 18.1 Å². The quantitative estimate of drug-likeness (QED) is 0.357. The molecule has 0 fully saturated rings. The summed E-state index contributed by atoms with van der Waals surface area (Å²) in [6.45, 7) is 3.67. The van der Waals surface area contributed by atoms with Crippen LogP contribution < -0.4 is 20.2 Å². The van der Waals surface area contributed by atoms with Gasteiger partial charge in [0.05, 0.1) is 5.39 Å². The van der Waals surface area contributed by atoms with Gasteiger partial charge in [-0.15, -0.1) is 0 Å². The Hall–Kier alpha value is -3.77. The number of fused-ring (bicyclic) bond motifs is 1. The summed E-state index contributed by atoms with van der Waals surface area (Å²) >= 11 is 5.94. The van der Waals surface area contributed by atoms with E-state index in [1.165, 1.54) is 6.26 Å². The van der Waals surface area contributed by atoms with E-state index in [0.717, 1.165) is 17.5 Å². The largest absolute Gasteiger partial charge is 0.484 e. The normalized spacial score (nSPS) is 10.8. The van der Waals surface area contributed by atoms with Crippen LogP contribution in [0.2, 0.25) is 5.02 Å². The molecule has 1 heterocycles. The molecule has 0 saturated carbocycles. The first-order valence-corrected chi connectivity index (χ1v) is 10.8. The number of aryl methyl sites for hydroxylation is 2. The minimum atomic E-state index is -0.319. The predicted octanol–water partition coefficient (Wildman–Crippen LogP) is 6.13. The summed E-state index contributed by atoms with van der Waals surface area (Å²) in [6, 6.07) is 17.5. The number of hydrogen-bond donors (Lipinski definition) is 1. The van der Waals surface area contributed by atoms with Crippen LogP contribution in [-0.4, -0.2) is 12.5 Å². The average molecular weight is 464 g/mol. The molecule has 168 valence electrons.